The van der Waals surface area contributed by atoms with Gasteiger partial charge in [0, 0.05) is 23.3 Å². The largest absolute Gasteiger partial charge is 0.300 e. The topological polar surface area (TPSA) is 37.4 Å². The lowest BCUT2D eigenvalue weighted by Gasteiger charge is -2.20. The van der Waals surface area contributed by atoms with E-state index in [1.807, 2.05) is 0 Å². The third-order valence-corrected chi connectivity index (χ3v) is 6.17. The normalized spacial score (nSPS) is 18.8. The van der Waals surface area contributed by atoms with Crippen molar-refractivity contribution in [2.24, 2.45) is 0 Å². The Morgan fingerprint density at radius 2 is 1.62 bits per heavy atom. The maximum atomic E-state index is 11.3. The van der Waals surface area contributed by atoms with Crippen LogP contribution in [0.1, 0.15) is 25.3 Å². The zero-order chi connectivity index (χ0) is 17.2. The smallest absolute Gasteiger partial charge is 0.261 e. The van der Waals surface area contributed by atoms with Crippen LogP contribution in [0.25, 0.3) is 11.1 Å². The zero-order valence-corrected chi connectivity index (χ0v) is 15.4. The van der Waals surface area contributed by atoms with Gasteiger partial charge in [-0.3, -0.25) is 0 Å². The van der Waals surface area contributed by atoms with E-state index in [0.717, 1.165) is 24.1 Å². The molecule has 128 valence electrons. The van der Waals surface area contributed by atoms with E-state index < -0.39 is 9.05 Å². The molecule has 0 amide bonds. The van der Waals surface area contributed by atoms with E-state index in [1.165, 1.54) is 24.9 Å². The number of benzene rings is 2. The van der Waals surface area contributed by atoms with Gasteiger partial charge < -0.3 is 4.90 Å². The summed E-state index contributed by atoms with van der Waals surface area (Å²) in [6.07, 6.45) is 3.69. The standard InChI is InChI=1S/C19H22ClNO2S/c1-15-3-2-13-21(15)14-12-16-4-6-17(7-5-16)18-8-10-19(11-9-18)24(20,22)23/h4-11,15H,2-3,12-14H2,1H3/t15-/m1/s1. The molecule has 1 atom stereocenters. The Balaban J connectivity index is 1.65. The van der Waals surface area contributed by atoms with E-state index in [2.05, 4.69) is 36.1 Å². The van der Waals surface area contributed by atoms with Crippen molar-refractivity contribution < 1.29 is 8.42 Å². The van der Waals surface area contributed by atoms with Gasteiger partial charge in [-0.15, -0.1) is 0 Å². The summed E-state index contributed by atoms with van der Waals surface area (Å²) in [6, 6.07) is 15.9. The first-order valence-corrected chi connectivity index (χ1v) is 10.6. The van der Waals surface area contributed by atoms with Crippen LogP contribution in [-0.4, -0.2) is 32.4 Å². The number of likely N-dealkylation sites (tertiary alicyclic amines) is 1. The highest BCUT2D eigenvalue weighted by molar-refractivity contribution is 8.13. The highest BCUT2D eigenvalue weighted by Crippen LogP contribution is 2.24. The molecular formula is C19H22ClNO2S. The lowest BCUT2D eigenvalue weighted by Crippen LogP contribution is -2.28. The summed E-state index contributed by atoms with van der Waals surface area (Å²) in [4.78, 5) is 2.68. The fourth-order valence-corrected chi connectivity index (χ4v) is 4.04. The predicted octanol–water partition coefficient (Wildman–Crippen LogP) is 4.31. The molecule has 2 aromatic rings. The summed E-state index contributed by atoms with van der Waals surface area (Å²) in [7, 11) is 1.68. The summed E-state index contributed by atoms with van der Waals surface area (Å²) < 4.78 is 22.6. The molecule has 1 fully saturated rings. The third kappa shape index (κ3) is 4.18. The lowest BCUT2D eigenvalue weighted by molar-refractivity contribution is 0.272. The maximum Gasteiger partial charge on any atom is 0.261 e. The van der Waals surface area contributed by atoms with Gasteiger partial charge in [-0.2, -0.15) is 0 Å². The molecule has 24 heavy (non-hydrogen) atoms. The van der Waals surface area contributed by atoms with Crippen molar-refractivity contribution in [3.8, 4) is 11.1 Å². The van der Waals surface area contributed by atoms with Gasteiger partial charge in [0.25, 0.3) is 9.05 Å². The highest BCUT2D eigenvalue weighted by Gasteiger charge is 2.19. The molecule has 0 unspecified atom stereocenters. The Morgan fingerprint density at radius 3 is 2.12 bits per heavy atom. The quantitative estimate of drug-likeness (QED) is 0.743. The van der Waals surface area contributed by atoms with Crippen LogP contribution in [0.2, 0.25) is 0 Å². The van der Waals surface area contributed by atoms with Gasteiger partial charge in [0.2, 0.25) is 0 Å². The van der Waals surface area contributed by atoms with Crippen LogP contribution < -0.4 is 0 Å². The summed E-state index contributed by atoms with van der Waals surface area (Å²) in [6.45, 7) is 4.64. The molecule has 1 heterocycles. The van der Waals surface area contributed by atoms with Crippen LogP contribution in [-0.2, 0) is 15.5 Å². The minimum absolute atomic E-state index is 0.129. The fourth-order valence-electron chi connectivity index (χ4n) is 3.27. The molecule has 0 aromatic heterocycles. The van der Waals surface area contributed by atoms with Crippen LogP contribution in [0, 0.1) is 0 Å². The Bertz CT molecular complexity index is 785. The molecule has 1 aliphatic heterocycles. The summed E-state index contributed by atoms with van der Waals surface area (Å²) >= 11 is 0. The van der Waals surface area contributed by atoms with Crippen molar-refractivity contribution in [2.45, 2.75) is 37.1 Å². The van der Waals surface area contributed by atoms with Gasteiger partial charge in [0.1, 0.15) is 0 Å². The summed E-state index contributed by atoms with van der Waals surface area (Å²) in [5, 5.41) is 0. The van der Waals surface area contributed by atoms with Crippen LogP contribution >= 0.6 is 10.7 Å². The minimum atomic E-state index is -3.66. The number of hydrogen-bond donors (Lipinski definition) is 0. The molecule has 0 aliphatic carbocycles. The average molecular weight is 364 g/mol. The van der Waals surface area contributed by atoms with Crippen LogP contribution in [0.4, 0.5) is 0 Å². The first kappa shape index (κ1) is 17.5. The second kappa shape index (κ2) is 7.26. The second-order valence-corrected chi connectivity index (χ2v) is 9.00. The molecule has 0 bridgehead atoms. The first-order valence-electron chi connectivity index (χ1n) is 8.31. The van der Waals surface area contributed by atoms with Crippen molar-refractivity contribution in [3.05, 3.63) is 54.1 Å². The van der Waals surface area contributed by atoms with Crippen molar-refractivity contribution >= 4 is 19.7 Å². The summed E-state index contributed by atoms with van der Waals surface area (Å²) in [5.74, 6) is 0. The van der Waals surface area contributed by atoms with Gasteiger partial charge in [0.15, 0.2) is 0 Å². The molecule has 0 saturated carbocycles. The van der Waals surface area contributed by atoms with Gasteiger partial charge in [-0.05, 0) is 61.6 Å². The molecular weight excluding hydrogens is 342 g/mol. The van der Waals surface area contributed by atoms with Gasteiger partial charge in [-0.25, -0.2) is 8.42 Å². The van der Waals surface area contributed by atoms with Crippen LogP contribution in [0.3, 0.4) is 0 Å². The molecule has 3 nitrogen and oxygen atoms in total. The molecule has 3 rings (SSSR count). The Kier molecular flexibility index (Phi) is 5.28. The average Bonchev–Trinajstić information content (AvgIpc) is 2.98. The monoisotopic (exact) mass is 363 g/mol. The van der Waals surface area contributed by atoms with Gasteiger partial charge >= 0.3 is 0 Å². The molecule has 1 aliphatic rings. The van der Waals surface area contributed by atoms with Crippen LogP contribution in [0.15, 0.2) is 53.4 Å². The Hall–Kier alpha value is -1.36. The van der Waals surface area contributed by atoms with E-state index >= 15 is 0 Å². The summed E-state index contributed by atoms with van der Waals surface area (Å²) in [5.41, 5.74) is 3.39. The van der Waals surface area contributed by atoms with E-state index in [1.54, 1.807) is 24.3 Å². The molecule has 0 N–H and O–H groups in total. The number of hydrogen-bond acceptors (Lipinski definition) is 3. The molecule has 5 heteroatoms. The Morgan fingerprint density at radius 1 is 1.04 bits per heavy atom. The molecule has 2 aromatic carbocycles. The molecule has 1 saturated heterocycles. The van der Waals surface area contributed by atoms with E-state index in [0.29, 0.717) is 6.04 Å². The zero-order valence-electron chi connectivity index (χ0n) is 13.8. The predicted molar refractivity (Wildman–Crippen MR) is 98.9 cm³/mol. The van der Waals surface area contributed by atoms with Crippen LogP contribution in [0.5, 0.6) is 0 Å². The molecule has 0 radical (unpaired) electrons. The van der Waals surface area contributed by atoms with E-state index in [-0.39, 0.29) is 4.90 Å². The molecule has 0 spiro atoms. The fraction of sp³-hybridized carbons (Fsp3) is 0.368. The minimum Gasteiger partial charge on any atom is -0.300 e. The van der Waals surface area contributed by atoms with Crippen molar-refractivity contribution in [1.29, 1.82) is 0 Å². The highest BCUT2D eigenvalue weighted by atomic mass is 35.7. The second-order valence-electron chi connectivity index (χ2n) is 6.44. The van der Waals surface area contributed by atoms with E-state index in [9.17, 15) is 8.42 Å². The lowest BCUT2D eigenvalue weighted by atomic mass is 10.0. The van der Waals surface area contributed by atoms with Gasteiger partial charge in [-0.1, -0.05) is 36.4 Å². The maximum absolute atomic E-state index is 11.3. The van der Waals surface area contributed by atoms with E-state index in [4.69, 9.17) is 10.7 Å². The number of rotatable bonds is 5. The third-order valence-electron chi connectivity index (χ3n) is 4.80. The van der Waals surface area contributed by atoms with Crippen molar-refractivity contribution in [3.63, 3.8) is 0 Å². The number of halogens is 1. The van der Waals surface area contributed by atoms with Crippen molar-refractivity contribution in [1.82, 2.24) is 4.90 Å². The van der Waals surface area contributed by atoms with Crippen molar-refractivity contribution in [2.75, 3.05) is 13.1 Å². The first-order chi connectivity index (χ1) is 11.4. The SMILES string of the molecule is C[C@@H]1CCCN1CCc1ccc(-c2ccc(S(=O)(=O)Cl)cc2)cc1. The Labute approximate surface area is 148 Å². The van der Waals surface area contributed by atoms with Gasteiger partial charge in [0.05, 0.1) is 4.90 Å². The number of nitrogens with zero attached hydrogens (tertiary/aromatic N) is 1.